The van der Waals surface area contributed by atoms with Gasteiger partial charge in [0, 0.05) is 25.1 Å². The molecule has 104 valence electrons. The maximum absolute atomic E-state index is 12.9. The number of carbonyl (C=O) groups excluding carboxylic acids is 1. The second kappa shape index (κ2) is 6.47. The molecule has 0 saturated carbocycles. The first kappa shape index (κ1) is 15.4. The van der Waals surface area contributed by atoms with Crippen molar-refractivity contribution in [3.8, 4) is 5.75 Å². The van der Waals surface area contributed by atoms with Crippen molar-refractivity contribution in [3.63, 3.8) is 0 Å². The van der Waals surface area contributed by atoms with Crippen molar-refractivity contribution in [2.45, 2.75) is 13.8 Å². The second-order valence-corrected chi connectivity index (χ2v) is 4.78. The molecule has 1 aromatic carbocycles. The minimum Gasteiger partial charge on any atom is -0.507 e. The maximum Gasteiger partial charge on any atom is 0.257 e. The number of phenols is 1. The number of aromatic hydroxyl groups is 1. The fourth-order valence-corrected chi connectivity index (χ4v) is 1.71. The van der Waals surface area contributed by atoms with Gasteiger partial charge in [-0.15, -0.1) is 0 Å². The number of nitrogens with zero attached hydrogens (tertiary/aromatic N) is 1. The molecule has 3 N–H and O–H groups in total. The van der Waals surface area contributed by atoms with Crippen molar-refractivity contribution >= 4 is 23.1 Å². The molecule has 0 aromatic heterocycles. The molecule has 1 amide bonds. The summed E-state index contributed by atoms with van der Waals surface area (Å²) in [6.45, 7) is 4.44. The summed E-state index contributed by atoms with van der Waals surface area (Å²) in [6, 6.07) is 3.32. The summed E-state index contributed by atoms with van der Waals surface area (Å²) in [6.07, 6.45) is 0. The summed E-state index contributed by atoms with van der Waals surface area (Å²) in [5.41, 5.74) is 5.59. The Morgan fingerprint density at radius 1 is 1.58 bits per heavy atom. The molecule has 0 spiro atoms. The summed E-state index contributed by atoms with van der Waals surface area (Å²) < 4.78 is 12.9. The van der Waals surface area contributed by atoms with E-state index >= 15 is 0 Å². The van der Waals surface area contributed by atoms with Crippen LogP contribution in [0.2, 0.25) is 0 Å². The quantitative estimate of drug-likeness (QED) is 0.811. The summed E-state index contributed by atoms with van der Waals surface area (Å²) in [5, 5.41) is 9.61. The molecule has 0 radical (unpaired) electrons. The van der Waals surface area contributed by atoms with Crippen LogP contribution < -0.4 is 5.73 Å². The average Bonchev–Trinajstić information content (AvgIpc) is 2.34. The monoisotopic (exact) mass is 284 g/mol. The number of rotatable bonds is 5. The molecule has 4 nitrogen and oxygen atoms in total. The number of carbonyl (C=O) groups is 1. The molecular formula is C13H17FN2O2S. The standard InChI is InChI=1S/C13H17FN2O2S/c1-3-16(7-8(2)12(15)19)13(18)10-5-4-9(14)6-11(10)17/h4-6,8,17H,3,7H2,1-2H3,(H2,15,19). The van der Waals surface area contributed by atoms with Crippen LogP contribution in [0.4, 0.5) is 4.39 Å². The zero-order valence-corrected chi connectivity index (χ0v) is 11.7. The number of hydrogen-bond acceptors (Lipinski definition) is 3. The Kier molecular flexibility index (Phi) is 5.23. The molecular weight excluding hydrogens is 267 g/mol. The Morgan fingerprint density at radius 3 is 2.68 bits per heavy atom. The minimum atomic E-state index is -0.589. The molecule has 1 rings (SSSR count). The zero-order valence-electron chi connectivity index (χ0n) is 10.9. The molecule has 0 fully saturated rings. The molecule has 0 aliphatic rings. The minimum absolute atomic E-state index is 0.0680. The number of nitrogens with two attached hydrogens (primary N) is 1. The van der Waals surface area contributed by atoms with Gasteiger partial charge >= 0.3 is 0 Å². The molecule has 1 aromatic rings. The van der Waals surface area contributed by atoms with Gasteiger partial charge in [-0.2, -0.15) is 0 Å². The van der Waals surface area contributed by atoms with Gasteiger partial charge in [-0.05, 0) is 19.1 Å². The van der Waals surface area contributed by atoms with Gasteiger partial charge in [-0.3, -0.25) is 4.79 Å². The number of hydrogen-bond donors (Lipinski definition) is 2. The summed E-state index contributed by atoms with van der Waals surface area (Å²) >= 11 is 4.87. The van der Waals surface area contributed by atoms with Gasteiger partial charge < -0.3 is 15.7 Å². The molecule has 1 atom stereocenters. The highest BCUT2D eigenvalue weighted by molar-refractivity contribution is 7.80. The molecule has 0 aliphatic carbocycles. The highest BCUT2D eigenvalue weighted by atomic mass is 32.1. The maximum atomic E-state index is 12.9. The number of amides is 1. The molecule has 0 saturated heterocycles. The normalized spacial score (nSPS) is 11.9. The first-order valence-electron chi connectivity index (χ1n) is 5.93. The van der Waals surface area contributed by atoms with E-state index in [1.54, 1.807) is 0 Å². The fourth-order valence-electron chi connectivity index (χ4n) is 1.63. The van der Waals surface area contributed by atoms with E-state index in [0.717, 1.165) is 12.1 Å². The SMILES string of the molecule is CCN(CC(C)C(N)=S)C(=O)c1ccc(F)cc1O. The summed E-state index contributed by atoms with van der Waals surface area (Å²) in [4.78, 5) is 14.1. The van der Waals surface area contributed by atoms with E-state index in [9.17, 15) is 14.3 Å². The Hall–Kier alpha value is -1.69. The van der Waals surface area contributed by atoms with Crippen LogP contribution in [0.25, 0.3) is 0 Å². The van der Waals surface area contributed by atoms with Crippen molar-refractivity contribution in [2.75, 3.05) is 13.1 Å². The Labute approximate surface area is 117 Å². The Morgan fingerprint density at radius 2 is 2.21 bits per heavy atom. The Balaban J connectivity index is 2.92. The van der Waals surface area contributed by atoms with Crippen LogP contribution in [0.3, 0.4) is 0 Å². The van der Waals surface area contributed by atoms with E-state index in [1.165, 1.54) is 11.0 Å². The number of halogens is 1. The van der Waals surface area contributed by atoms with Crippen LogP contribution in [0.5, 0.6) is 5.75 Å². The number of benzene rings is 1. The molecule has 6 heteroatoms. The number of phenolic OH excluding ortho intramolecular Hbond substituents is 1. The third-order valence-electron chi connectivity index (χ3n) is 2.84. The van der Waals surface area contributed by atoms with Gasteiger partial charge in [0.2, 0.25) is 0 Å². The first-order valence-corrected chi connectivity index (χ1v) is 6.34. The van der Waals surface area contributed by atoms with Crippen molar-refractivity contribution in [1.29, 1.82) is 0 Å². The topological polar surface area (TPSA) is 66.6 Å². The van der Waals surface area contributed by atoms with Crippen LogP contribution in [-0.2, 0) is 0 Å². The smallest absolute Gasteiger partial charge is 0.257 e. The summed E-state index contributed by atoms with van der Waals surface area (Å²) in [7, 11) is 0. The van der Waals surface area contributed by atoms with E-state index in [0.29, 0.717) is 18.1 Å². The van der Waals surface area contributed by atoms with Crippen molar-refractivity contribution in [1.82, 2.24) is 4.90 Å². The van der Waals surface area contributed by atoms with Gasteiger partial charge in [0.05, 0.1) is 10.6 Å². The van der Waals surface area contributed by atoms with Crippen LogP contribution in [-0.4, -0.2) is 34.0 Å². The van der Waals surface area contributed by atoms with Gasteiger partial charge in [0.1, 0.15) is 11.6 Å². The predicted molar refractivity (Wildman–Crippen MR) is 75.6 cm³/mol. The van der Waals surface area contributed by atoms with Crippen molar-refractivity contribution < 1.29 is 14.3 Å². The lowest BCUT2D eigenvalue weighted by atomic mass is 10.1. The third-order valence-corrected chi connectivity index (χ3v) is 3.24. The molecule has 19 heavy (non-hydrogen) atoms. The van der Waals surface area contributed by atoms with Crippen LogP contribution >= 0.6 is 12.2 Å². The lowest BCUT2D eigenvalue weighted by Crippen LogP contribution is -2.38. The second-order valence-electron chi connectivity index (χ2n) is 4.31. The first-order chi connectivity index (χ1) is 8.86. The molecule has 0 bridgehead atoms. The van der Waals surface area contributed by atoms with Crippen molar-refractivity contribution in [2.24, 2.45) is 11.7 Å². The van der Waals surface area contributed by atoms with E-state index in [2.05, 4.69) is 0 Å². The fraction of sp³-hybridized carbons (Fsp3) is 0.385. The predicted octanol–water partition coefficient (Wildman–Crippen LogP) is 1.92. The van der Waals surface area contributed by atoms with Gasteiger partial charge in [-0.1, -0.05) is 19.1 Å². The van der Waals surface area contributed by atoms with Crippen LogP contribution in [0.1, 0.15) is 24.2 Å². The Bertz CT molecular complexity index is 494. The highest BCUT2D eigenvalue weighted by Gasteiger charge is 2.20. The van der Waals surface area contributed by atoms with E-state index in [1.807, 2.05) is 13.8 Å². The van der Waals surface area contributed by atoms with E-state index in [4.69, 9.17) is 18.0 Å². The van der Waals surface area contributed by atoms with Gasteiger partial charge in [0.15, 0.2) is 0 Å². The largest absolute Gasteiger partial charge is 0.507 e. The molecule has 0 aliphatic heterocycles. The van der Waals surface area contributed by atoms with E-state index in [-0.39, 0.29) is 23.1 Å². The molecule has 1 unspecified atom stereocenters. The lowest BCUT2D eigenvalue weighted by Gasteiger charge is -2.24. The number of thiocarbonyl (C=S) groups is 1. The van der Waals surface area contributed by atoms with Gasteiger partial charge in [-0.25, -0.2) is 4.39 Å². The average molecular weight is 284 g/mol. The van der Waals surface area contributed by atoms with Gasteiger partial charge in [0.25, 0.3) is 5.91 Å². The third kappa shape index (κ3) is 3.89. The van der Waals surface area contributed by atoms with E-state index < -0.39 is 5.82 Å². The lowest BCUT2D eigenvalue weighted by molar-refractivity contribution is 0.0752. The van der Waals surface area contributed by atoms with Crippen molar-refractivity contribution in [3.05, 3.63) is 29.6 Å². The van der Waals surface area contributed by atoms with Crippen LogP contribution in [0.15, 0.2) is 18.2 Å². The summed E-state index contributed by atoms with van der Waals surface area (Å²) in [5.74, 6) is -1.45. The highest BCUT2D eigenvalue weighted by Crippen LogP contribution is 2.20. The molecule has 0 heterocycles. The zero-order chi connectivity index (χ0) is 14.6. The van der Waals surface area contributed by atoms with Crippen LogP contribution in [0, 0.1) is 11.7 Å².